The van der Waals surface area contributed by atoms with E-state index in [9.17, 15) is 0 Å². The van der Waals surface area contributed by atoms with E-state index in [4.69, 9.17) is 0 Å². The van der Waals surface area contributed by atoms with Gasteiger partial charge in [-0.2, -0.15) is 0 Å². The highest BCUT2D eigenvalue weighted by Gasteiger charge is 2.47. The molecule has 0 saturated heterocycles. The zero-order chi connectivity index (χ0) is 20.4. The van der Waals surface area contributed by atoms with Gasteiger partial charge in [-0.05, 0) is 43.5 Å². The van der Waals surface area contributed by atoms with Gasteiger partial charge in [-0.3, -0.25) is 5.01 Å². The van der Waals surface area contributed by atoms with Crippen molar-refractivity contribution in [2.45, 2.75) is 54.0 Å². The van der Waals surface area contributed by atoms with Gasteiger partial charge in [-0.1, -0.05) is 69.5 Å². The molecule has 0 saturated carbocycles. The third-order valence-corrected chi connectivity index (χ3v) is 6.57. The van der Waals surface area contributed by atoms with Crippen LogP contribution in [0.4, 0.5) is 11.4 Å². The first-order chi connectivity index (χ1) is 13.1. The molecule has 0 aromatic heterocycles. The molecule has 146 valence electrons. The lowest BCUT2D eigenvalue weighted by Gasteiger charge is -2.51. The molecule has 2 heterocycles. The summed E-state index contributed by atoms with van der Waals surface area (Å²) < 4.78 is 0. The van der Waals surface area contributed by atoms with Crippen LogP contribution in [0.15, 0.2) is 48.5 Å². The minimum absolute atomic E-state index is 0.0871. The van der Waals surface area contributed by atoms with Crippen LogP contribution in [0.25, 0.3) is 11.2 Å². The highest BCUT2D eigenvalue weighted by Crippen LogP contribution is 2.47. The Hall–Kier alpha value is -2.36. The summed E-state index contributed by atoms with van der Waals surface area (Å²) in [6.45, 7) is 16.5. The van der Waals surface area contributed by atoms with E-state index in [0.717, 1.165) is 0 Å². The topological polar surface area (TPSA) is 9.72 Å². The van der Waals surface area contributed by atoms with Gasteiger partial charge in [0.1, 0.15) is 5.66 Å². The lowest BCUT2D eigenvalue weighted by atomic mass is 9.48. The molecule has 0 fully saturated rings. The summed E-state index contributed by atoms with van der Waals surface area (Å²) in [6, 6.07) is 17.6. The number of hydrogen-bond acceptors (Lipinski definition) is 3. The summed E-state index contributed by atoms with van der Waals surface area (Å²) in [4.78, 5) is 4.92. The predicted molar refractivity (Wildman–Crippen MR) is 122 cm³/mol. The van der Waals surface area contributed by atoms with Crippen molar-refractivity contribution >= 4 is 29.4 Å². The third-order valence-electron chi connectivity index (χ3n) is 6.57. The Morgan fingerprint density at radius 1 is 0.857 bits per heavy atom. The zero-order valence-corrected chi connectivity index (χ0v) is 18.5. The molecule has 4 rings (SSSR count). The van der Waals surface area contributed by atoms with Crippen LogP contribution in [0, 0.1) is 5.41 Å². The summed E-state index contributed by atoms with van der Waals surface area (Å²) in [7, 11) is 2.20. The van der Waals surface area contributed by atoms with Crippen molar-refractivity contribution in [1.82, 2.24) is 4.92 Å². The molecule has 2 aromatic carbocycles. The molecule has 0 radical (unpaired) electrons. The summed E-state index contributed by atoms with van der Waals surface area (Å²) in [6.07, 6.45) is 0. The summed E-state index contributed by atoms with van der Waals surface area (Å²) in [5, 5.41) is 5.24. The Balaban J connectivity index is 2.02. The fourth-order valence-corrected chi connectivity index (χ4v) is 5.19. The van der Waals surface area contributed by atoms with E-state index in [-0.39, 0.29) is 17.9 Å². The summed E-state index contributed by atoms with van der Waals surface area (Å²) in [5.74, 6) is 0. The number of fused-ring (bicyclic) bond motifs is 2. The Labute approximate surface area is 170 Å². The molecule has 3 nitrogen and oxygen atoms in total. The number of anilines is 2. The molecule has 2 aromatic rings. The Morgan fingerprint density at radius 2 is 1.39 bits per heavy atom. The molecular weight excluding hydrogens is 341 g/mol. The van der Waals surface area contributed by atoms with Gasteiger partial charge in [0, 0.05) is 18.0 Å². The quantitative estimate of drug-likeness (QED) is 0.697. The van der Waals surface area contributed by atoms with E-state index in [1.54, 1.807) is 0 Å². The molecule has 28 heavy (non-hydrogen) atoms. The van der Waals surface area contributed by atoms with Crippen LogP contribution < -0.4 is 20.3 Å². The van der Waals surface area contributed by atoms with E-state index >= 15 is 0 Å². The number of hydrazine groups is 1. The average molecular weight is 373 g/mol. The molecule has 0 unspecified atom stereocenters. The second kappa shape index (κ2) is 6.07. The van der Waals surface area contributed by atoms with E-state index in [0.29, 0.717) is 0 Å². The first kappa shape index (κ1) is 19.0. The lowest BCUT2D eigenvalue weighted by molar-refractivity contribution is 0.367. The van der Waals surface area contributed by atoms with Gasteiger partial charge >= 0.3 is 6.85 Å². The molecule has 0 N–H and O–H groups in total. The number of nitrogens with zero attached hydrogens (tertiary/aromatic N) is 3. The van der Waals surface area contributed by atoms with Gasteiger partial charge in [0.05, 0.1) is 11.4 Å². The maximum atomic E-state index is 2.53. The van der Waals surface area contributed by atoms with Gasteiger partial charge in [0.15, 0.2) is 0 Å². The normalized spacial score (nSPS) is 18.6. The number of hydrogen-bond donors (Lipinski definition) is 0. The number of para-hydroxylation sites is 2. The van der Waals surface area contributed by atoms with Crippen LogP contribution in [-0.2, 0) is 0 Å². The molecule has 0 atom stereocenters. The van der Waals surface area contributed by atoms with Gasteiger partial charge in [-0.15, -0.1) is 0 Å². The first-order valence-electron chi connectivity index (χ1n) is 10.3. The lowest BCUT2D eigenvalue weighted by Crippen LogP contribution is -2.65. The fraction of sp³-hybridized carbons (Fsp3) is 0.417. The second-order valence-corrected chi connectivity index (χ2v) is 9.67. The van der Waals surface area contributed by atoms with Crippen molar-refractivity contribution in [3.05, 3.63) is 59.0 Å². The fourth-order valence-electron chi connectivity index (χ4n) is 5.19. The zero-order valence-electron chi connectivity index (χ0n) is 18.5. The maximum absolute atomic E-state index is 2.53. The van der Waals surface area contributed by atoms with Crippen LogP contribution in [0.3, 0.4) is 0 Å². The third kappa shape index (κ3) is 2.50. The maximum Gasteiger partial charge on any atom is 0.307 e. The SMILES string of the molecule is CB1C(C(C)(C)C)=c2ccccc2=C(C)N1N1c2ccccc2N(C)C1(C)C. The summed E-state index contributed by atoms with van der Waals surface area (Å²) in [5.41, 5.74) is 5.29. The highest BCUT2D eigenvalue weighted by molar-refractivity contribution is 6.75. The molecular formula is C24H32BN3. The van der Waals surface area contributed by atoms with E-state index in [2.05, 4.69) is 119 Å². The van der Waals surface area contributed by atoms with Gasteiger partial charge in [-0.25, -0.2) is 0 Å². The van der Waals surface area contributed by atoms with Crippen molar-refractivity contribution in [2.24, 2.45) is 5.41 Å². The van der Waals surface area contributed by atoms with Crippen molar-refractivity contribution in [3.8, 4) is 0 Å². The molecule has 2 aliphatic rings. The van der Waals surface area contributed by atoms with Crippen LogP contribution >= 0.6 is 0 Å². The van der Waals surface area contributed by atoms with Crippen LogP contribution in [-0.4, -0.2) is 24.5 Å². The van der Waals surface area contributed by atoms with Crippen LogP contribution in [0.1, 0.15) is 41.5 Å². The Bertz CT molecular complexity index is 1050. The standard InChI is InChI=1S/C24H32BN3/c1-17-18-13-9-10-14-19(18)22(23(2,3)4)25(7)28(17)27-21-16-12-11-15-20(21)26(8)24(27,5)6/h9-16H,1-8H3. The molecule has 0 amide bonds. The first-order valence-corrected chi connectivity index (χ1v) is 10.3. The van der Waals surface area contributed by atoms with E-state index in [1.807, 2.05) is 0 Å². The molecule has 2 aliphatic heterocycles. The molecule has 0 bridgehead atoms. The Kier molecular flexibility index (Phi) is 4.12. The van der Waals surface area contributed by atoms with Crippen LogP contribution in [0.2, 0.25) is 6.82 Å². The van der Waals surface area contributed by atoms with Crippen LogP contribution in [0.5, 0.6) is 0 Å². The number of rotatable bonds is 1. The molecule has 0 aliphatic carbocycles. The van der Waals surface area contributed by atoms with Crippen molar-refractivity contribution in [3.63, 3.8) is 0 Å². The van der Waals surface area contributed by atoms with Crippen molar-refractivity contribution in [1.29, 1.82) is 0 Å². The monoisotopic (exact) mass is 373 g/mol. The van der Waals surface area contributed by atoms with Crippen molar-refractivity contribution < 1.29 is 0 Å². The van der Waals surface area contributed by atoms with Crippen molar-refractivity contribution in [2.75, 3.05) is 17.0 Å². The van der Waals surface area contributed by atoms with Gasteiger partial charge in [0.2, 0.25) is 0 Å². The number of benzene rings is 2. The average Bonchev–Trinajstić information content (AvgIpc) is 2.82. The van der Waals surface area contributed by atoms with Gasteiger partial charge in [0.25, 0.3) is 0 Å². The minimum Gasteiger partial charge on any atom is -0.349 e. The minimum atomic E-state index is -0.158. The highest BCUT2D eigenvalue weighted by atomic mass is 15.7. The predicted octanol–water partition coefficient (Wildman–Crippen LogP) is 4.10. The molecule has 0 spiro atoms. The van der Waals surface area contributed by atoms with E-state index in [1.165, 1.54) is 33.0 Å². The largest absolute Gasteiger partial charge is 0.349 e. The smallest absolute Gasteiger partial charge is 0.307 e. The summed E-state index contributed by atoms with van der Waals surface area (Å²) >= 11 is 0. The second-order valence-electron chi connectivity index (χ2n) is 9.67. The van der Waals surface area contributed by atoms with Gasteiger partial charge < -0.3 is 9.82 Å². The molecule has 4 heteroatoms. The van der Waals surface area contributed by atoms with E-state index < -0.39 is 0 Å². The Morgan fingerprint density at radius 3 is 2.00 bits per heavy atom.